The minimum absolute atomic E-state index is 0.0635. The molecule has 9 heteroatoms. The van der Waals surface area contributed by atoms with Gasteiger partial charge in [0.1, 0.15) is 0 Å². The molecule has 0 radical (unpaired) electrons. The highest BCUT2D eigenvalue weighted by molar-refractivity contribution is 6.31. The Bertz CT molecular complexity index is 748. The van der Waals surface area contributed by atoms with Crippen molar-refractivity contribution in [3.05, 3.63) is 58.6 Å². The summed E-state index contributed by atoms with van der Waals surface area (Å²) in [5, 5.41) is 3.79. The molecule has 0 aliphatic rings. The molecule has 0 unspecified atom stereocenters. The molecule has 2 rings (SSSR count). The Labute approximate surface area is 132 Å². The van der Waals surface area contributed by atoms with Gasteiger partial charge in [0, 0.05) is 17.4 Å². The molecule has 2 N–H and O–H groups in total. The van der Waals surface area contributed by atoms with Crippen LogP contribution in [0.1, 0.15) is 5.56 Å². The van der Waals surface area contributed by atoms with Crippen LogP contribution in [0.15, 0.2) is 36.4 Å². The van der Waals surface area contributed by atoms with Crippen molar-refractivity contribution in [2.75, 3.05) is 10.6 Å². The molecule has 2 aromatic rings. The van der Waals surface area contributed by atoms with E-state index in [0.29, 0.717) is 6.07 Å². The van der Waals surface area contributed by atoms with Crippen molar-refractivity contribution in [2.45, 2.75) is 6.18 Å². The van der Waals surface area contributed by atoms with Gasteiger partial charge in [0.2, 0.25) is 0 Å². The van der Waals surface area contributed by atoms with Gasteiger partial charge < -0.3 is 10.6 Å². The summed E-state index contributed by atoms with van der Waals surface area (Å²) in [7, 11) is 0. The Kier molecular flexibility index (Phi) is 4.74. The maximum atomic E-state index is 13.0. The van der Waals surface area contributed by atoms with Crippen LogP contribution >= 0.6 is 11.6 Å². The summed E-state index contributed by atoms with van der Waals surface area (Å²) in [6.07, 6.45) is -4.68. The van der Waals surface area contributed by atoms with E-state index in [1.54, 1.807) is 0 Å². The molecule has 0 heterocycles. The molecule has 0 atom stereocenters. The third-order valence-electron chi connectivity index (χ3n) is 2.71. The Morgan fingerprint density at radius 1 is 0.913 bits per heavy atom. The number of benzene rings is 2. The number of anilines is 2. The number of carbonyl (C=O) groups excluding carboxylic acids is 1. The Morgan fingerprint density at radius 3 is 2.04 bits per heavy atom. The van der Waals surface area contributed by atoms with E-state index in [4.69, 9.17) is 11.6 Å². The van der Waals surface area contributed by atoms with Crippen LogP contribution in [-0.4, -0.2) is 6.03 Å². The maximum absolute atomic E-state index is 13.0. The van der Waals surface area contributed by atoms with Gasteiger partial charge in [-0.05, 0) is 30.3 Å². The Balaban J connectivity index is 2.12. The number of carbonyl (C=O) groups is 1. The van der Waals surface area contributed by atoms with Crippen LogP contribution in [0.3, 0.4) is 0 Å². The van der Waals surface area contributed by atoms with Crippen molar-refractivity contribution < 1.29 is 26.7 Å². The van der Waals surface area contributed by atoms with Gasteiger partial charge in [-0.25, -0.2) is 13.6 Å². The fraction of sp³-hybridized carbons (Fsp3) is 0.0714. The monoisotopic (exact) mass is 350 g/mol. The smallest absolute Gasteiger partial charge is 0.308 e. The quantitative estimate of drug-likeness (QED) is 0.711. The summed E-state index contributed by atoms with van der Waals surface area (Å²) in [6, 6.07) is 4.52. The van der Waals surface area contributed by atoms with Crippen LogP contribution in [-0.2, 0) is 6.18 Å². The highest BCUT2D eigenvalue weighted by Crippen LogP contribution is 2.36. The number of hydrogen-bond donors (Lipinski definition) is 2. The third kappa shape index (κ3) is 4.32. The van der Waals surface area contributed by atoms with Gasteiger partial charge in [-0.1, -0.05) is 11.6 Å². The topological polar surface area (TPSA) is 41.1 Å². The van der Waals surface area contributed by atoms with Gasteiger partial charge in [-0.2, -0.15) is 13.2 Å². The molecule has 122 valence electrons. The molecule has 0 aliphatic carbocycles. The van der Waals surface area contributed by atoms with E-state index >= 15 is 0 Å². The van der Waals surface area contributed by atoms with Crippen molar-refractivity contribution in [1.82, 2.24) is 0 Å². The summed E-state index contributed by atoms with van der Waals surface area (Å²) in [5.41, 5.74) is -1.34. The minimum atomic E-state index is -4.68. The van der Waals surface area contributed by atoms with Crippen LogP contribution in [0.4, 0.5) is 38.1 Å². The summed E-state index contributed by atoms with van der Waals surface area (Å²) < 4.78 is 63.9. The zero-order valence-electron chi connectivity index (χ0n) is 11.1. The minimum Gasteiger partial charge on any atom is -0.308 e. The molecule has 0 saturated heterocycles. The zero-order valence-corrected chi connectivity index (χ0v) is 11.9. The van der Waals surface area contributed by atoms with Crippen LogP contribution in [0.25, 0.3) is 0 Å². The van der Waals surface area contributed by atoms with Crippen molar-refractivity contribution in [3.8, 4) is 0 Å². The molecule has 0 spiro atoms. The van der Waals surface area contributed by atoms with Crippen molar-refractivity contribution in [1.29, 1.82) is 0 Å². The van der Waals surface area contributed by atoms with Gasteiger partial charge in [0.15, 0.2) is 11.6 Å². The Hall–Kier alpha value is -2.35. The first-order valence-corrected chi connectivity index (χ1v) is 6.44. The summed E-state index contributed by atoms with van der Waals surface area (Å²) in [6.45, 7) is 0. The molecule has 0 fully saturated rings. The first-order valence-electron chi connectivity index (χ1n) is 6.06. The number of nitrogens with one attached hydrogen (secondary N) is 2. The van der Waals surface area contributed by atoms with E-state index in [0.717, 1.165) is 24.3 Å². The second kappa shape index (κ2) is 6.41. The number of alkyl halides is 3. The predicted octanol–water partition coefficient (Wildman–Crippen LogP) is 5.28. The van der Waals surface area contributed by atoms with Gasteiger partial charge >= 0.3 is 12.2 Å². The third-order valence-corrected chi connectivity index (χ3v) is 3.04. The first kappa shape index (κ1) is 17.0. The number of halogens is 6. The fourth-order valence-corrected chi connectivity index (χ4v) is 1.91. The van der Waals surface area contributed by atoms with Crippen molar-refractivity contribution in [2.24, 2.45) is 0 Å². The highest BCUT2D eigenvalue weighted by atomic mass is 35.5. The lowest BCUT2D eigenvalue weighted by Crippen LogP contribution is -2.20. The maximum Gasteiger partial charge on any atom is 0.417 e. The average Bonchev–Trinajstić information content (AvgIpc) is 2.44. The summed E-state index contributed by atoms with van der Waals surface area (Å²) in [5.74, 6) is -2.27. The van der Waals surface area contributed by atoms with E-state index in [1.807, 2.05) is 0 Å². The van der Waals surface area contributed by atoms with Crippen LogP contribution < -0.4 is 10.6 Å². The fourth-order valence-electron chi connectivity index (χ4n) is 1.69. The van der Waals surface area contributed by atoms with E-state index < -0.39 is 34.4 Å². The lowest BCUT2D eigenvalue weighted by atomic mass is 10.2. The van der Waals surface area contributed by atoms with E-state index in [9.17, 15) is 26.7 Å². The molecule has 23 heavy (non-hydrogen) atoms. The Morgan fingerprint density at radius 2 is 1.48 bits per heavy atom. The molecule has 2 amide bonds. The standard InChI is InChI=1S/C14H8ClF5N2O/c15-10-3-1-7(5-9(10)14(18,19)20)21-13(23)22-8-2-4-11(16)12(17)6-8/h1-6H,(H2,21,22,23). The zero-order chi connectivity index (χ0) is 17.2. The van der Waals surface area contributed by atoms with Crippen LogP contribution in [0.5, 0.6) is 0 Å². The average molecular weight is 351 g/mol. The lowest BCUT2D eigenvalue weighted by Gasteiger charge is -2.12. The second-order valence-corrected chi connectivity index (χ2v) is 4.81. The number of hydrogen-bond acceptors (Lipinski definition) is 1. The summed E-state index contributed by atoms with van der Waals surface area (Å²) >= 11 is 5.45. The molecular weight excluding hydrogens is 343 g/mol. The van der Waals surface area contributed by atoms with Crippen LogP contribution in [0, 0.1) is 11.6 Å². The molecule has 2 aromatic carbocycles. The first-order chi connectivity index (χ1) is 10.7. The number of amides is 2. The van der Waals surface area contributed by atoms with Gasteiger partial charge in [-0.3, -0.25) is 0 Å². The largest absolute Gasteiger partial charge is 0.417 e. The van der Waals surface area contributed by atoms with Gasteiger partial charge in [0.05, 0.1) is 10.6 Å². The number of urea groups is 1. The van der Waals surface area contributed by atoms with E-state index in [1.165, 1.54) is 6.07 Å². The highest BCUT2D eigenvalue weighted by Gasteiger charge is 2.33. The van der Waals surface area contributed by atoms with Crippen molar-refractivity contribution in [3.63, 3.8) is 0 Å². The molecule has 3 nitrogen and oxygen atoms in total. The molecular formula is C14H8ClF5N2O. The molecule has 0 aromatic heterocycles. The van der Waals surface area contributed by atoms with Gasteiger partial charge in [0.25, 0.3) is 0 Å². The molecule has 0 saturated carbocycles. The van der Waals surface area contributed by atoms with Gasteiger partial charge in [-0.15, -0.1) is 0 Å². The van der Waals surface area contributed by atoms with E-state index in [2.05, 4.69) is 10.6 Å². The molecule has 0 bridgehead atoms. The SMILES string of the molecule is O=C(Nc1ccc(F)c(F)c1)Nc1ccc(Cl)c(C(F)(F)F)c1. The predicted molar refractivity (Wildman–Crippen MR) is 75.5 cm³/mol. The molecule has 0 aliphatic heterocycles. The normalized spacial score (nSPS) is 11.2. The van der Waals surface area contributed by atoms with E-state index in [-0.39, 0.29) is 11.4 Å². The lowest BCUT2D eigenvalue weighted by molar-refractivity contribution is -0.137. The second-order valence-electron chi connectivity index (χ2n) is 4.40. The summed E-state index contributed by atoms with van der Waals surface area (Å²) in [4.78, 5) is 11.7. The van der Waals surface area contributed by atoms with Crippen molar-refractivity contribution >= 4 is 29.0 Å². The van der Waals surface area contributed by atoms with Crippen LogP contribution in [0.2, 0.25) is 5.02 Å². The number of rotatable bonds is 2.